The number of hydrogen-bond donors (Lipinski definition) is 1. The molecule has 20 heavy (non-hydrogen) atoms. The fourth-order valence-electron chi connectivity index (χ4n) is 2.74. The van der Waals surface area contributed by atoms with E-state index in [2.05, 4.69) is 26.1 Å². The molecule has 5 heteroatoms. The van der Waals surface area contributed by atoms with Gasteiger partial charge in [-0.3, -0.25) is 9.69 Å². The molecule has 3 rings (SSSR count). The number of hydrogen-bond acceptors (Lipinski definition) is 3. The summed E-state index contributed by atoms with van der Waals surface area (Å²) in [5, 5.41) is 3.13. The number of rotatable bonds is 4. The monoisotopic (exact) mass is 338 g/mol. The molecule has 0 bridgehead atoms. The van der Waals surface area contributed by atoms with Crippen molar-refractivity contribution < 1.29 is 9.53 Å². The van der Waals surface area contributed by atoms with Crippen molar-refractivity contribution >= 4 is 21.8 Å². The van der Waals surface area contributed by atoms with Gasteiger partial charge in [-0.15, -0.1) is 0 Å². The zero-order valence-electron chi connectivity index (χ0n) is 11.6. The van der Waals surface area contributed by atoms with Gasteiger partial charge in [-0.2, -0.15) is 0 Å². The third-order valence-electron chi connectivity index (χ3n) is 4.04. The Morgan fingerprint density at radius 2 is 2.20 bits per heavy atom. The lowest BCUT2D eigenvalue weighted by molar-refractivity contribution is 0.0936. The number of carbonyl (C=O) groups is 1. The second-order valence-electron chi connectivity index (χ2n) is 5.53. The van der Waals surface area contributed by atoms with Crippen LogP contribution in [0.4, 0.5) is 0 Å². The van der Waals surface area contributed by atoms with Crippen LogP contribution in [0.3, 0.4) is 0 Å². The van der Waals surface area contributed by atoms with Crippen molar-refractivity contribution in [3.8, 4) is 5.75 Å². The minimum absolute atomic E-state index is 0.0292. The topological polar surface area (TPSA) is 41.6 Å². The van der Waals surface area contributed by atoms with Crippen molar-refractivity contribution in [2.75, 3.05) is 20.2 Å². The normalized spacial score (nSPS) is 22.8. The van der Waals surface area contributed by atoms with Gasteiger partial charge in [-0.05, 0) is 53.4 Å². The molecule has 0 radical (unpaired) electrons. The molecule has 1 aliphatic carbocycles. The van der Waals surface area contributed by atoms with Crippen LogP contribution >= 0.6 is 15.9 Å². The quantitative estimate of drug-likeness (QED) is 0.916. The van der Waals surface area contributed by atoms with Crippen molar-refractivity contribution in [3.05, 3.63) is 28.2 Å². The largest absolute Gasteiger partial charge is 0.497 e. The maximum Gasteiger partial charge on any atom is 0.252 e. The molecule has 1 atom stereocenters. The highest BCUT2D eigenvalue weighted by atomic mass is 79.9. The average molecular weight is 339 g/mol. The molecule has 0 spiro atoms. The summed E-state index contributed by atoms with van der Waals surface area (Å²) in [6.45, 7) is 2.09. The first-order valence-electron chi connectivity index (χ1n) is 7.06. The van der Waals surface area contributed by atoms with E-state index in [-0.39, 0.29) is 11.9 Å². The molecule has 1 amide bonds. The lowest BCUT2D eigenvalue weighted by Crippen LogP contribution is -2.37. The van der Waals surface area contributed by atoms with Crippen molar-refractivity contribution in [1.82, 2.24) is 10.2 Å². The zero-order valence-corrected chi connectivity index (χ0v) is 13.1. The van der Waals surface area contributed by atoms with Gasteiger partial charge in [0.25, 0.3) is 5.91 Å². The summed E-state index contributed by atoms with van der Waals surface area (Å²) < 4.78 is 5.98. The number of nitrogens with zero attached hydrogens (tertiary/aromatic N) is 1. The zero-order chi connectivity index (χ0) is 14.1. The van der Waals surface area contributed by atoms with Crippen LogP contribution < -0.4 is 10.1 Å². The van der Waals surface area contributed by atoms with E-state index in [9.17, 15) is 4.79 Å². The second-order valence-corrected chi connectivity index (χ2v) is 6.39. The van der Waals surface area contributed by atoms with Gasteiger partial charge in [0.2, 0.25) is 0 Å². The van der Waals surface area contributed by atoms with E-state index in [0.29, 0.717) is 11.3 Å². The van der Waals surface area contributed by atoms with E-state index >= 15 is 0 Å². The lowest BCUT2D eigenvalue weighted by Gasteiger charge is -2.16. The molecule has 2 fully saturated rings. The molecular weight excluding hydrogens is 320 g/mol. The molecule has 1 heterocycles. The van der Waals surface area contributed by atoms with Crippen molar-refractivity contribution in [1.29, 1.82) is 0 Å². The van der Waals surface area contributed by atoms with E-state index in [1.165, 1.54) is 12.8 Å². The van der Waals surface area contributed by atoms with Gasteiger partial charge >= 0.3 is 0 Å². The van der Waals surface area contributed by atoms with Crippen LogP contribution in [0.2, 0.25) is 0 Å². The molecule has 1 saturated carbocycles. The number of amides is 1. The van der Waals surface area contributed by atoms with Crippen molar-refractivity contribution in [2.24, 2.45) is 0 Å². The number of nitrogens with one attached hydrogen (secondary N) is 1. The predicted molar refractivity (Wildman–Crippen MR) is 81.2 cm³/mol. The van der Waals surface area contributed by atoms with Crippen LogP contribution in [-0.4, -0.2) is 43.1 Å². The van der Waals surface area contributed by atoms with Gasteiger partial charge in [0.15, 0.2) is 0 Å². The number of carbonyl (C=O) groups excluding carboxylic acids is 1. The summed E-state index contributed by atoms with van der Waals surface area (Å²) in [7, 11) is 1.61. The predicted octanol–water partition coefficient (Wildman–Crippen LogP) is 2.42. The number of halogens is 1. The molecule has 1 unspecified atom stereocenters. The van der Waals surface area contributed by atoms with Crippen LogP contribution in [0.15, 0.2) is 22.7 Å². The van der Waals surface area contributed by atoms with E-state index in [0.717, 1.165) is 30.0 Å². The van der Waals surface area contributed by atoms with Crippen LogP contribution in [0.5, 0.6) is 5.75 Å². The van der Waals surface area contributed by atoms with Crippen molar-refractivity contribution in [2.45, 2.75) is 31.3 Å². The van der Waals surface area contributed by atoms with Crippen molar-refractivity contribution in [3.63, 3.8) is 0 Å². The van der Waals surface area contributed by atoms with E-state index in [1.807, 2.05) is 12.1 Å². The van der Waals surface area contributed by atoms with Gasteiger partial charge < -0.3 is 10.1 Å². The fourth-order valence-corrected chi connectivity index (χ4v) is 3.17. The third kappa shape index (κ3) is 2.99. The highest BCUT2D eigenvalue weighted by Gasteiger charge is 2.34. The molecular formula is C15H19BrN2O2. The van der Waals surface area contributed by atoms with Crippen LogP contribution in [0.1, 0.15) is 29.6 Å². The molecule has 1 N–H and O–H groups in total. The Morgan fingerprint density at radius 3 is 2.90 bits per heavy atom. The summed E-state index contributed by atoms with van der Waals surface area (Å²) in [4.78, 5) is 14.9. The Hall–Kier alpha value is -1.07. The van der Waals surface area contributed by atoms with E-state index in [4.69, 9.17) is 4.74 Å². The first-order chi connectivity index (χ1) is 9.67. The van der Waals surface area contributed by atoms with Gasteiger partial charge in [0, 0.05) is 29.6 Å². The number of methoxy groups -OCH3 is 1. The van der Waals surface area contributed by atoms with Gasteiger partial charge in [0.1, 0.15) is 5.75 Å². The minimum Gasteiger partial charge on any atom is -0.497 e. The van der Waals surface area contributed by atoms with Crippen LogP contribution in [-0.2, 0) is 0 Å². The Kier molecular flexibility index (Phi) is 3.98. The molecule has 1 aliphatic heterocycles. The minimum atomic E-state index is -0.0292. The SMILES string of the molecule is COc1ccc(Br)c(C(=O)NC2CCN(C3CC3)C2)c1. The smallest absolute Gasteiger partial charge is 0.252 e. The number of likely N-dealkylation sites (tertiary alicyclic amines) is 1. The summed E-state index contributed by atoms with van der Waals surface area (Å²) in [5.41, 5.74) is 0.634. The Balaban J connectivity index is 1.64. The lowest BCUT2D eigenvalue weighted by atomic mass is 10.1. The van der Waals surface area contributed by atoms with Crippen LogP contribution in [0, 0.1) is 0 Å². The Morgan fingerprint density at radius 1 is 1.40 bits per heavy atom. The number of benzene rings is 1. The maximum atomic E-state index is 12.4. The van der Waals surface area contributed by atoms with Gasteiger partial charge in [0.05, 0.1) is 12.7 Å². The summed E-state index contributed by atoms with van der Waals surface area (Å²) in [5.74, 6) is 0.669. The summed E-state index contributed by atoms with van der Waals surface area (Å²) in [6, 6.07) is 6.50. The Labute approximate surface area is 127 Å². The first kappa shape index (κ1) is 13.9. The molecule has 4 nitrogen and oxygen atoms in total. The van der Waals surface area contributed by atoms with Crippen LogP contribution in [0.25, 0.3) is 0 Å². The van der Waals surface area contributed by atoms with Gasteiger partial charge in [-0.25, -0.2) is 0 Å². The number of ether oxygens (including phenoxy) is 1. The molecule has 1 aromatic rings. The Bertz CT molecular complexity index is 517. The molecule has 108 valence electrons. The van der Waals surface area contributed by atoms with Gasteiger partial charge in [-0.1, -0.05) is 0 Å². The molecule has 1 saturated heterocycles. The highest BCUT2D eigenvalue weighted by Crippen LogP contribution is 2.30. The highest BCUT2D eigenvalue weighted by molar-refractivity contribution is 9.10. The van der Waals surface area contributed by atoms with E-state index in [1.54, 1.807) is 13.2 Å². The molecule has 0 aromatic heterocycles. The van der Waals surface area contributed by atoms with E-state index < -0.39 is 0 Å². The third-order valence-corrected chi connectivity index (χ3v) is 4.73. The standard InChI is InChI=1S/C15H19BrN2O2/c1-20-12-4-5-14(16)13(8-12)15(19)17-10-6-7-18(9-10)11-2-3-11/h4-5,8,10-11H,2-3,6-7,9H2,1H3,(H,17,19). The molecule has 1 aromatic carbocycles. The fraction of sp³-hybridized carbons (Fsp3) is 0.533. The second kappa shape index (κ2) is 5.74. The average Bonchev–Trinajstić information content (AvgIpc) is 3.20. The summed E-state index contributed by atoms with van der Waals surface area (Å²) >= 11 is 3.43. The summed E-state index contributed by atoms with van der Waals surface area (Å²) in [6.07, 6.45) is 3.69. The molecule has 2 aliphatic rings. The first-order valence-corrected chi connectivity index (χ1v) is 7.85. The maximum absolute atomic E-state index is 12.4.